The maximum absolute atomic E-state index is 12.2. The zero-order chi connectivity index (χ0) is 14.7. The largest absolute Gasteiger partial charge is 0.486 e. The first-order valence-corrected chi connectivity index (χ1v) is 8.74. The average Bonchev–Trinajstić information content (AvgIpc) is 3.04. The third-order valence-electron chi connectivity index (χ3n) is 3.66. The molecule has 1 amide bonds. The first-order valence-electron chi connectivity index (χ1n) is 7.15. The maximum Gasteiger partial charge on any atom is 0.241 e. The van der Waals surface area contributed by atoms with Gasteiger partial charge in [-0.3, -0.25) is 4.79 Å². The number of anilines is 1. The van der Waals surface area contributed by atoms with Crippen molar-refractivity contribution in [2.45, 2.75) is 18.1 Å². The van der Waals surface area contributed by atoms with Gasteiger partial charge in [-0.2, -0.15) is 11.8 Å². The number of halogens is 1. The van der Waals surface area contributed by atoms with Crippen molar-refractivity contribution in [2.75, 3.05) is 36.3 Å². The molecule has 2 aliphatic rings. The molecule has 2 aliphatic heterocycles. The van der Waals surface area contributed by atoms with Gasteiger partial charge in [0.25, 0.3) is 0 Å². The first-order chi connectivity index (χ1) is 10.3. The molecule has 0 aromatic heterocycles. The molecule has 0 saturated carbocycles. The van der Waals surface area contributed by atoms with Crippen LogP contribution in [0.1, 0.15) is 12.8 Å². The normalized spacial score (nSPS) is 20.3. The number of carbonyl (C=O) groups excluding carboxylic acids is 1. The Morgan fingerprint density at radius 3 is 2.86 bits per heavy atom. The molecule has 1 aromatic rings. The number of ether oxygens (including phenoxy) is 2. The molecule has 0 N–H and O–H groups in total. The summed E-state index contributed by atoms with van der Waals surface area (Å²) in [6.07, 6.45) is 2.38. The van der Waals surface area contributed by atoms with Gasteiger partial charge in [0.2, 0.25) is 5.91 Å². The van der Waals surface area contributed by atoms with Crippen LogP contribution in [-0.4, -0.2) is 42.5 Å². The number of alkyl halides is 1. The van der Waals surface area contributed by atoms with Crippen molar-refractivity contribution in [2.24, 2.45) is 0 Å². The minimum absolute atomic E-state index is 0.00811. The smallest absolute Gasteiger partial charge is 0.241 e. The van der Waals surface area contributed by atoms with Gasteiger partial charge in [-0.15, -0.1) is 11.6 Å². The number of fused-ring (bicyclic) bond motifs is 1. The van der Waals surface area contributed by atoms with Gasteiger partial charge in [0.15, 0.2) is 11.5 Å². The van der Waals surface area contributed by atoms with Crippen molar-refractivity contribution in [3.8, 4) is 11.5 Å². The molecule has 0 aliphatic carbocycles. The lowest BCUT2D eigenvalue weighted by Gasteiger charge is -2.26. The average molecular weight is 328 g/mol. The van der Waals surface area contributed by atoms with Crippen LogP contribution in [0.4, 0.5) is 5.69 Å². The molecule has 1 fully saturated rings. The Labute approximate surface area is 133 Å². The molecule has 2 heterocycles. The van der Waals surface area contributed by atoms with Crippen molar-refractivity contribution in [3.05, 3.63) is 18.2 Å². The first kappa shape index (κ1) is 14.9. The van der Waals surface area contributed by atoms with Crippen molar-refractivity contribution in [1.29, 1.82) is 0 Å². The van der Waals surface area contributed by atoms with Crippen LogP contribution in [0.2, 0.25) is 0 Å². The number of thioether (sulfide) groups is 1. The van der Waals surface area contributed by atoms with Crippen LogP contribution < -0.4 is 14.4 Å². The highest BCUT2D eigenvalue weighted by Crippen LogP contribution is 2.35. The molecule has 114 valence electrons. The lowest BCUT2D eigenvalue weighted by Crippen LogP contribution is -2.37. The van der Waals surface area contributed by atoms with Crippen LogP contribution >= 0.6 is 23.4 Å². The molecule has 3 rings (SSSR count). The molecule has 0 spiro atoms. The summed E-state index contributed by atoms with van der Waals surface area (Å²) in [5.41, 5.74) is 0.831. The molecule has 0 bridgehead atoms. The van der Waals surface area contributed by atoms with E-state index in [0.29, 0.717) is 30.8 Å². The van der Waals surface area contributed by atoms with E-state index in [1.807, 2.05) is 30.0 Å². The molecular weight excluding hydrogens is 310 g/mol. The Morgan fingerprint density at radius 1 is 1.33 bits per heavy atom. The predicted octanol–water partition coefficient (Wildman–Crippen LogP) is 2.93. The predicted molar refractivity (Wildman–Crippen MR) is 86.0 cm³/mol. The summed E-state index contributed by atoms with van der Waals surface area (Å²) in [7, 11) is 0. The van der Waals surface area contributed by atoms with E-state index < -0.39 is 0 Å². The van der Waals surface area contributed by atoms with Gasteiger partial charge in [-0.1, -0.05) is 0 Å². The monoisotopic (exact) mass is 327 g/mol. The van der Waals surface area contributed by atoms with Crippen LogP contribution in [0.25, 0.3) is 0 Å². The second-order valence-corrected chi connectivity index (χ2v) is 6.78. The summed E-state index contributed by atoms with van der Waals surface area (Å²) in [4.78, 5) is 14.0. The van der Waals surface area contributed by atoms with Gasteiger partial charge >= 0.3 is 0 Å². The highest BCUT2D eigenvalue weighted by molar-refractivity contribution is 8.00. The summed E-state index contributed by atoms with van der Waals surface area (Å²) >= 11 is 7.70. The Balaban J connectivity index is 1.82. The van der Waals surface area contributed by atoms with Gasteiger partial charge in [-0.05, 0) is 30.7 Å². The summed E-state index contributed by atoms with van der Waals surface area (Å²) < 4.78 is 11.1. The van der Waals surface area contributed by atoms with E-state index in [1.54, 1.807) is 4.90 Å². The van der Waals surface area contributed by atoms with Crippen LogP contribution in [0, 0.1) is 0 Å². The molecule has 0 radical (unpaired) electrons. The second-order valence-electron chi connectivity index (χ2n) is 5.10. The van der Waals surface area contributed by atoms with E-state index in [4.69, 9.17) is 21.1 Å². The van der Waals surface area contributed by atoms with Crippen molar-refractivity contribution in [3.63, 3.8) is 0 Å². The highest BCUT2D eigenvalue weighted by atomic mass is 35.5. The topological polar surface area (TPSA) is 38.8 Å². The Kier molecular flexibility index (Phi) is 4.80. The van der Waals surface area contributed by atoms with Crippen LogP contribution in [-0.2, 0) is 4.79 Å². The number of rotatable bonds is 4. The zero-order valence-corrected chi connectivity index (χ0v) is 13.3. The summed E-state index contributed by atoms with van der Waals surface area (Å²) in [6, 6.07) is 5.64. The van der Waals surface area contributed by atoms with E-state index in [9.17, 15) is 4.79 Å². The molecule has 6 heteroatoms. The lowest BCUT2D eigenvalue weighted by molar-refractivity contribution is -0.116. The van der Waals surface area contributed by atoms with Crippen molar-refractivity contribution >= 4 is 35.0 Å². The van der Waals surface area contributed by atoms with Gasteiger partial charge in [0.05, 0.1) is 0 Å². The van der Waals surface area contributed by atoms with E-state index in [1.165, 1.54) is 12.2 Å². The Bertz CT molecular complexity index is 520. The zero-order valence-electron chi connectivity index (χ0n) is 11.7. The minimum atomic E-state index is -0.0687. The fourth-order valence-electron chi connectivity index (χ4n) is 2.62. The fraction of sp³-hybridized carbons (Fsp3) is 0.533. The van der Waals surface area contributed by atoms with E-state index >= 15 is 0 Å². The van der Waals surface area contributed by atoms with Crippen LogP contribution in [0.15, 0.2) is 18.2 Å². The van der Waals surface area contributed by atoms with Gasteiger partial charge in [0, 0.05) is 23.5 Å². The fourth-order valence-corrected chi connectivity index (χ4v) is 4.01. The summed E-state index contributed by atoms with van der Waals surface area (Å²) in [5.74, 6) is 2.53. The lowest BCUT2D eigenvalue weighted by atomic mass is 10.2. The Morgan fingerprint density at radius 2 is 2.14 bits per heavy atom. The number of hydrogen-bond donors (Lipinski definition) is 0. The minimum Gasteiger partial charge on any atom is -0.486 e. The third-order valence-corrected chi connectivity index (χ3v) is 5.27. The van der Waals surface area contributed by atoms with E-state index in [2.05, 4.69) is 0 Å². The van der Waals surface area contributed by atoms with Gasteiger partial charge in [0.1, 0.15) is 19.1 Å². The van der Waals surface area contributed by atoms with E-state index in [0.717, 1.165) is 17.9 Å². The third kappa shape index (κ3) is 3.40. The van der Waals surface area contributed by atoms with E-state index in [-0.39, 0.29) is 11.8 Å². The number of amides is 1. The second kappa shape index (κ2) is 6.79. The SMILES string of the molecule is O=C(CCl)N(CC1CCCS1)c1ccc2c(c1)OCCO2. The number of benzene rings is 1. The number of nitrogens with zero attached hydrogens (tertiary/aromatic N) is 1. The molecule has 1 saturated heterocycles. The molecule has 1 unspecified atom stereocenters. The summed E-state index contributed by atoms with van der Waals surface area (Å²) in [5, 5.41) is 0.491. The standard InChI is InChI=1S/C15H18ClNO3S/c16-9-15(18)17(10-12-2-1-7-21-12)11-3-4-13-14(8-11)20-6-5-19-13/h3-4,8,12H,1-2,5-7,9-10H2. The summed E-state index contributed by atoms with van der Waals surface area (Å²) in [6.45, 7) is 1.81. The number of hydrogen-bond acceptors (Lipinski definition) is 4. The van der Waals surface area contributed by atoms with Crippen molar-refractivity contribution in [1.82, 2.24) is 0 Å². The Hall–Kier alpha value is -1.07. The molecule has 21 heavy (non-hydrogen) atoms. The van der Waals surface area contributed by atoms with Crippen LogP contribution in [0.3, 0.4) is 0 Å². The molecular formula is C15H18ClNO3S. The molecule has 4 nitrogen and oxygen atoms in total. The molecule has 1 aromatic carbocycles. The quantitative estimate of drug-likeness (QED) is 0.797. The maximum atomic E-state index is 12.2. The van der Waals surface area contributed by atoms with Gasteiger partial charge < -0.3 is 14.4 Å². The molecule has 1 atom stereocenters. The van der Waals surface area contributed by atoms with Gasteiger partial charge in [-0.25, -0.2) is 0 Å². The number of carbonyl (C=O) groups is 1. The van der Waals surface area contributed by atoms with Crippen molar-refractivity contribution < 1.29 is 14.3 Å². The highest BCUT2D eigenvalue weighted by Gasteiger charge is 2.24. The van der Waals surface area contributed by atoms with Crippen LogP contribution in [0.5, 0.6) is 11.5 Å².